The van der Waals surface area contributed by atoms with Crippen LogP contribution in [0.3, 0.4) is 0 Å². The maximum atomic E-state index is 13.8. The van der Waals surface area contributed by atoms with Gasteiger partial charge in [-0.15, -0.1) is 23.2 Å². The summed E-state index contributed by atoms with van der Waals surface area (Å²) < 4.78 is 8.74. The number of carbonyl (C=O) groups excluding carboxylic acids is 2. The summed E-state index contributed by atoms with van der Waals surface area (Å²) >= 11 is 26.7. The van der Waals surface area contributed by atoms with Gasteiger partial charge in [0.2, 0.25) is 0 Å². The Kier molecular flexibility index (Phi) is 6.85. The molecule has 0 bridgehead atoms. The number of phenolic OH excluding ortho intramolecular Hbond substituents is 1. The molecule has 4 atom stereocenters. The van der Waals surface area contributed by atoms with Crippen molar-refractivity contribution in [1.29, 1.82) is 0 Å². The van der Waals surface area contributed by atoms with Gasteiger partial charge in [-0.1, -0.05) is 65.7 Å². The number of benzene rings is 2. The molecule has 216 valence electrons. The molecule has 1 saturated carbocycles. The van der Waals surface area contributed by atoms with Crippen molar-refractivity contribution < 1.29 is 19.4 Å². The molecule has 1 fully saturated rings. The molecular weight excluding hydrogens is 628 g/mol. The van der Waals surface area contributed by atoms with E-state index >= 15 is 0 Å². The number of allylic oxidation sites excluding steroid dienone is 5. The van der Waals surface area contributed by atoms with Crippen molar-refractivity contribution in [3.05, 3.63) is 103 Å². The average Bonchev–Trinajstić information content (AvgIpc) is 3.25. The highest BCUT2D eigenvalue weighted by Crippen LogP contribution is 2.61. The Morgan fingerprint density at radius 3 is 2.36 bits per heavy atom. The SMILES string of the molecule is COc1cc(C=C[C@H]2C3=CCn4c(=O)n(-c5ccccc5)c(=O)n4[C@@H]3C[C@@]3(Cl)C(=O)C(Cl)=C(Cl)C(=O)[C@@]23Cl)ccc1O. The average molecular weight is 649 g/mol. The van der Waals surface area contributed by atoms with Crippen LogP contribution in [-0.2, 0) is 16.1 Å². The zero-order valence-electron chi connectivity index (χ0n) is 21.8. The largest absolute Gasteiger partial charge is 0.504 e. The summed E-state index contributed by atoms with van der Waals surface area (Å²) in [6, 6.07) is 12.1. The number of fused-ring (bicyclic) bond motifs is 4. The number of phenols is 1. The van der Waals surface area contributed by atoms with Gasteiger partial charge >= 0.3 is 11.4 Å². The minimum absolute atomic E-state index is 0.00810. The van der Waals surface area contributed by atoms with Crippen molar-refractivity contribution >= 4 is 64.0 Å². The number of hydrogen-bond donors (Lipinski definition) is 1. The van der Waals surface area contributed by atoms with Crippen molar-refractivity contribution in [3.8, 4) is 17.2 Å². The van der Waals surface area contributed by atoms with Gasteiger partial charge in [0.15, 0.2) is 23.1 Å². The van der Waals surface area contributed by atoms with Gasteiger partial charge in [-0.2, -0.15) is 0 Å². The number of aromatic nitrogens is 3. The molecule has 3 aliphatic rings. The minimum atomic E-state index is -2.13. The second-order valence-electron chi connectivity index (χ2n) is 10.2. The molecule has 2 aromatic carbocycles. The Hall–Kier alpha value is -3.50. The summed E-state index contributed by atoms with van der Waals surface area (Å²) in [6.07, 6.45) is 4.61. The second-order valence-corrected chi connectivity index (χ2v) is 12.2. The minimum Gasteiger partial charge on any atom is -0.504 e. The molecule has 0 amide bonds. The number of nitrogens with zero attached hydrogens (tertiary/aromatic N) is 3. The highest BCUT2D eigenvalue weighted by atomic mass is 35.5. The van der Waals surface area contributed by atoms with Crippen LogP contribution in [-0.4, -0.2) is 47.5 Å². The molecule has 1 aromatic heterocycles. The van der Waals surface area contributed by atoms with Crippen LogP contribution in [0.25, 0.3) is 11.8 Å². The Labute approximate surface area is 258 Å². The van der Waals surface area contributed by atoms with Crippen molar-refractivity contribution in [2.45, 2.75) is 28.8 Å². The van der Waals surface area contributed by atoms with Crippen LogP contribution in [0.2, 0.25) is 0 Å². The van der Waals surface area contributed by atoms with E-state index in [1.807, 2.05) is 0 Å². The Bertz CT molecular complexity index is 1890. The molecule has 0 spiro atoms. The standard InChI is InChI=1S/C29H21Cl4N3O6/c1-42-21-13-15(8-10-20(21)37)7-9-18-17-11-12-34-26(40)35(16-5-3-2-4-6-16)27(41)36(34)19(17)14-28(32)24(38)22(30)23(31)25(39)29(18,28)33/h2-11,13,18-19,37H,12,14H2,1H3/t18-,19+,28+,29-/m0/s1. The topological polar surface area (TPSA) is 113 Å². The van der Waals surface area contributed by atoms with Crippen LogP contribution < -0.4 is 16.1 Å². The van der Waals surface area contributed by atoms with Gasteiger partial charge < -0.3 is 9.84 Å². The van der Waals surface area contributed by atoms with E-state index in [0.717, 1.165) is 4.57 Å². The van der Waals surface area contributed by atoms with Gasteiger partial charge in [-0.05, 0) is 35.4 Å². The monoisotopic (exact) mass is 647 g/mol. The molecule has 0 saturated heterocycles. The number of para-hydroxylation sites is 1. The van der Waals surface area contributed by atoms with Gasteiger partial charge in [0.05, 0.1) is 25.4 Å². The molecule has 42 heavy (non-hydrogen) atoms. The first-order valence-electron chi connectivity index (χ1n) is 12.7. The second kappa shape index (κ2) is 10.1. The number of alkyl halides is 2. The third-order valence-electron chi connectivity index (χ3n) is 8.06. The van der Waals surface area contributed by atoms with Gasteiger partial charge in [0.1, 0.15) is 19.8 Å². The van der Waals surface area contributed by atoms with E-state index in [2.05, 4.69) is 0 Å². The molecule has 13 heteroatoms. The van der Waals surface area contributed by atoms with Crippen molar-refractivity contribution in [2.24, 2.45) is 5.92 Å². The maximum Gasteiger partial charge on any atom is 0.352 e. The molecular formula is C29H21Cl4N3O6. The van der Waals surface area contributed by atoms with E-state index in [1.54, 1.807) is 60.7 Å². The number of aromatic hydroxyl groups is 1. The summed E-state index contributed by atoms with van der Waals surface area (Å²) in [5.41, 5.74) is 0.208. The van der Waals surface area contributed by atoms with Crippen molar-refractivity contribution in [3.63, 3.8) is 0 Å². The Morgan fingerprint density at radius 2 is 1.67 bits per heavy atom. The number of halogens is 4. The van der Waals surface area contributed by atoms with E-state index in [0.29, 0.717) is 16.8 Å². The number of ketones is 2. The van der Waals surface area contributed by atoms with Crippen LogP contribution in [0.4, 0.5) is 0 Å². The van der Waals surface area contributed by atoms with Crippen LogP contribution >= 0.6 is 46.4 Å². The lowest BCUT2D eigenvalue weighted by atomic mass is 9.60. The van der Waals surface area contributed by atoms with Crippen LogP contribution in [0.5, 0.6) is 11.5 Å². The summed E-state index contributed by atoms with van der Waals surface area (Å²) in [4.78, 5) is 50.4. The lowest BCUT2D eigenvalue weighted by Crippen LogP contribution is -2.67. The van der Waals surface area contributed by atoms with Gasteiger partial charge in [-0.25, -0.2) is 23.5 Å². The Balaban J connectivity index is 1.57. The summed E-state index contributed by atoms with van der Waals surface area (Å²) in [7, 11) is 1.40. The number of carbonyl (C=O) groups is 2. The zero-order chi connectivity index (χ0) is 30.1. The predicted molar refractivity (Wildman–Crippen MR) is 159 cm³/mol. The van der Waals surface area contributed by atoms with Crippen LogP contribution in [0.1, 0.15) is 18.0 Å². The van der Waals surface area contributed by atoms with E-state index in [9.17, 15) is 24.3 Å². The third-order valence-corrected chi connectivity index (χ3v) is 10.3. The molecule has 2 aliphatic carbocycles. The highest BCUT2D eigenvalue weighted by molar-refractivity contribution is 6.66. The lowest BCUT2D eigenvalue weighted by Gasteiger charge is -2.53. The molecule has 1 aliphatic heterocycles. The molecule has 3 aromatic rings. The Morgan fingerprint density at radius 1 is 0.976 bits per heavy atom. The van der Waals surface area contributed by atoms with E-state index in [4.69, 9.17) is 51.1 Å². The first kappa shape index (κ1) is 28.6. The van der Waals surface area contributed by atoms with Gasteiger partial charge in [-0.3, -0.25) is 9.59 Å². The fraction of sp³-hybridized carbons (Fsp3) is 0.241. The lowest BCUT2D eigenvalue weighted by molar-refractivity contribution is -0.129. The zero-order valence-corrected chi connectivity index (χ0v) is 24.8. The predicted octanol–water partition coefficient (Wildman–Crippen LogP) is 4.53. The number of ether oxygens (including phenoxy) is 1. The van der Waals surface area contributed by atoms with E-state index < -0.39 is 54.7 Å². The van der Waals surface area contributed by atoms with Crippen LogP contribution in [0.15, 0.2) is 85.9 Å². The maximum absolute atomic E-state index is 13.8. The smallest absolute Gasteiger partial charge is 0.352 e. The molecule has 2 heterocycles. The van der Waals surface area contributed by atoms with E-state index in [-0.39, 0.29) is 24.5 Å². The molecule has 0 unspecified atom stereocenters. The highest BCUT2D eigenvalue weighted by Gasteiger charge is 2.70. The van der Waals surface area contributed by atoms with Crippen LogP contribution in [0, 0.1) is 5.92 Å². The quantitative estimate of drug-likeness (QED) is 0.329. The molecule has 6 rings (SSSR count). The normalized spacial score (nSPS) is 27.0. The number of rotatable bonds is 4. The summed E-state index contributed by atoms with van der Waals surface area (Å²) in [5, 5.41) is 8.93. The molecule has 0 radical (unpaired) electrons. The number of methoxy groups -OCH3 is 1. The third kappa shape index (κ3) is 3.84. The number of Topliss-reactive ketones (excluding diaryl/α,β-unsaturated/α-hetero) is 2. The number of hydrogen-bond acceptors (Lipinski definition) is 6. The van der Waals surface area contributed by atoms with Gasteiger partial charge in [0.25, 0.3) is 0 Å². The first-order valence-corrected chi connectivity index (χ1v) is 14.2. The van der Waals surface area contributed by atoms with Gasteiger partial charge in [0, 0.05) is 12.3 Å². The summed E-state index contributed by atoms with van der Waals surface area (Å²) in [5.74, 6) is -2.62. The first-order chi connectivity index (χ1) is 20.0. The fourth-order valence-electron chi connectivity index (χ4n) is 6.02. The summed E-state index contributed by atoms with van der Waals surface area (Å²) in [6.45, 7) is -0.00810. The van der Waals surface area contributed by atoms with E-state index in [1.165, 1.54) is 22.5 Å². The van der Waals surface area contributed by atoms with Crippen molar-refractivity contribution in [1.82, 2.24) is 13.9 Å². The molecule has 9 nitrogen and oxygen atoms in total. The fourth-order valence-corrected chi connectivity index (χ4v) is 7.50. The molecule has 1 N–H and O–H groups in total. The van der Waals surface area contributed by atoms with Crippen molar-refractivity contribution in [2.75, 3.05) is 7.11 Å².